The van der Waals surface area contributed by atoms with Gasteiger partial charge in [0.2, 0.25) is 0 Å². The number of hydrogen-bond acceptors (Lipinski definition) is 4. The highest BCUT2D eigenvalue weighted by Crippen LogP contribution is 2.24. The van der Waals surface area contributed by atoms with E-state index in [-0.39, 0.29) is 10.7 Å². The second kappa shape index (κ2) is 9.21. The van der Waals surface area contributed by atoms with Gasteiger partial charge in [-0.2, -0.15) is 0 Å². The van der Waals surface area contributed by atoms with E-state index in [1.54, 1.807) is 54.6 Å². The zero-order valence-electron chi connectivity index (χ0n) is 16.0. The van der Waals surface area contributed by atoms with E-state index in [0.29, 0.717) is 16.9 Å². The Labute approximate surface area is 171 Å². The van der Waals surface area contributed by atoms with Gasteiger partial charge in [-0.1, -0.05) is 61.5 Å². The topological polar surface area (TPSA) is 75.3 Å². The second-order valence-electron chi connectivity index (χ2n) is 6.36. The molecule has 0 atom stereocenters. The highest BCUT2D eigenvalue weighted by atomic mass is 32.2. The number of nitrogens with one attached hydrogen (secondary N) is 2. The Morgan fingerprint density at radius 3 is 2.14 bits per heavy atom. The summed E-state index contributed by atoms with van der Waals surface area (Å²) in [5, 5.41) is 2.98. The van der Waals surface area contributed by atoms with Gasteiger partial charge in [-0.3, -0.25) is 9.52 Å². The van der Waals surface area contributed by atoms with Crippen molar-refractivity contribution < 1.29 is 13.2 Å². The third-order valence-corrected chi connectivity index (χ3v) is 5.73. The van der Waals surface area contributed by atoms with E-state index in [0.717, 1.165) is 6.42 Å². The largest absolute Gasteiger partial charge is 0.360 e. The van der Waals surface area contributed by atoms with Crippen LogP contribution in [-0.2, 0) is 16.4 Å². The van der Waals surface area contributed by atoms with Crippen molar-refractivity contribution in [3.05, 3.63) is 102 Å². The molecular weight excluding hydrogens is 384 g/mol. The highest BCUT2D eigenvalue weighted by molar-refractivity contribution is 7.92. The van der Waals surface area contributed by atoms with Crippen LogP contribution in [0.2, 0.25) is 0 Å². The fourth-order valence-corrected chi connectivity index (χ4v) is 3.81. The van der Waals surface area contributed by atoms with Gasteiger partial charge in [0.15, 0.2) is 5.78 Å². The van der Waals surface area contributed by atoms with E-state index in [2.05, 4.69) is 17.0 Å². The molecule has 0 saturated carbocycles. The summed E-state index contributed by atoms with van der Waals surface area (Å²) in [5.41, 5.74) is 2.69. The molecule has 5 nitrogen and oxygen atoms in total. The van der Waals surface area contributed by atoms with Crippen molar-refractivity contribution in [2.75, 3.05) is 10.0 Å². The molecule has 0 heterocycles. The Morgan fingerprint density at radius 2 is 1.48 bits per heavy atom. The predicted molar refractivity (Wildman–Crippen MR) is 117 cm³/mol. The number of ketones is 1. The van der Waals surface area contributed by atoms with Crippen LogP contribution in [0, 0.1) is 0 Å². The fraction of sp³-hybridized carbons (Fsp3) is 0.0870. The molecule has 29 heavy (non-hydrogen) atoms. The van der Waals surface area contributed by atoms with Gasteiger partial charge in [0.1, 0.15) is 0 Å². The molecule has 3 rings (SSSR count). The Bertz CT molecular complexity index is 1110. The number of carbonyl (C=O) groups is 1. The molecule has 148 valence electrons. The molecule has 0 aliphatic heterocycles. The Balaban J connectivity index is 1.72. The molecule has 0 unspecified atom stereocenters. The minimum atomic E-state index is -3.71. The molecule has 0 amide bonds. The van der Waals surface area contributed by atoms with Crippen LogP contribution in [0.5, 0.6) is 0 Å². The summed E-state index contributed by atoms with van der Waals surface area (Å²) in [4.78, 5) is 12.5. The van der Waals surface area contributed by atoms with Crippen LogP contribution in [0.25, 0.3) is 0 Å². The maximum atomic E-state index is 12.6. The maximum absolute atomic E-state index is 12.6. The van der Waals surface area contributed by atoms with Gasteiger partial charge in [0.05, 0.1) is 16.3 Å². The average molecular weight is 407 g/mol. The van der Waals surface area contributed by atoms with E-state index >= 15 is 0 Å². The van der Waals surface area contributed by atoms with Gasteiger partial charge in [0.25, 0.3) is 10.0 Å². The molecule has 0 bridgehead atoms. The molecule has 0 aromatic heterocycles. The average Bonchev–Trinajstić information content (AvgIpc) is 2.75. The van der Waals surface area contributed by atoms with Crippen LogP contribution < -0.4 is 10.0 Å². The summed E-state index contributed by atoms with van der Waals surface area (Å²) in [5.74, 6) is -0.137. The summed E-state index contributed by atoms with van der Waals surface area (Å²) in [7, 11) is -3.71. The normalized spacial score (nSPS) is 11.3. The number of benzene rings is 3. The van der Waals surface area contributed by atoms with Gasteiger partial charge in [-0.25, -0.2) is 8.42 Å². The first-order valence-corrected chi connectivity index (χ1v) is 10.7. The number of sulfonamides is 1. The first-order valence-electron chi connectivity index (χ1n) is 9.23. The molecule has 2 N–H and O–H groups in total. The molecule has 0 radical (unpaired) electrons. The number of aryl methyl sites for hydroxylation is 1. The molecular formula is C23H22N2O3S. The quantitative estimate of drug-likeness (QED) is 0.414. The third kappa shape index (κ3) is 5.33. The van der Waals surface area contributed by atoms with Gasteiger partial charge >= 0.3 is 0 Å². The zero-order valence-corrected chi connectivity index (χ0v) is 16.8. The van der Waals surface area contributed by atoms with E-state index in [1.165, 1.54) is 30.0 Å². The minimum absolute atomic E-state index is 0.137. The first-order chi connectivity index (χ1) is 14.0. The van der Waals surface area contributed by atoms with Gasteiger partial charge in [-0.15, -0.1) is 0 Å². The summed E-state index contributed by atoms with van der Waals surface area (Å²) in [6.07, 6.45) is 3.84. The monoisotopic (exact) mass is 406 g/mol. The smallest absolute Gasteiger partial charge is 0.261 e. The summed E-state index contributed by atoms with van der Waals surface area (Å²) < 4.78 is 27.7. The lowest BCUT2D eigenvalue weighted by atomic mass is 10.1. The Kier molecular flexibility index (Phi) is 6.46. The highest BCUT2D eigenvalue weighted by Gasteiger charge is 2.15. The van der Waals surface area contributed by atoms with Crippen molar-refractivity contribution in [2.45, 2.75) is 18.2 Å². The van der Waals surface area contributed by atoms with Crippen LogP contribution in [-0.4, -0.2) is 14.2 Å². The lowest BCUT2D eigenvalue weighted by Gasteiger charge is -2.12. The van der Waals surface area contributed by atoms with Crippen molar-refractivity contribution in [3.8, 4) is 0 Å². The molecule has 0 aliphatic rings. The van der Waals surface area contributed by atoms with Gasteiger partial charge in [0, 0.05) is 17.8 Å². The van der Waals surface area contributed by atoms with E-state index in [1.807, 2.05) is 12.1 Å². The van der Waals surface area contributed by atoms with Crippen molar-refractivity contribution >= 4 is 27.2 Å². The molecule has 3 aromatic rings. The number of anilines is 2. The maximum Gasteiger partial charge on any atom is 0.261 e. The van der Waals surface area contributed by atoms with Crippen LogP contribution in [0.3, 0.4) is 0 Å². The molecule has 0 saturated heterocycles. The molecule has 0 aliphatic carbocycles. The number of rotatable bonds is 8. The van der Waals surface area contributed by atoms with Crippen molar-refractivity contribution in [3.63, 3.8) is 0 Å². The van der Waals surface area contributed by atoms with Gasteiger partial charge < -0.3 is 5.32 Å². The van der Waals surface area contributed by atoms with Crippen LogP contribution in [0.1, 0.15) is 22.8 Å². The van der Waals surface area contributed by atoms with Crippen molar-refractivity contribution in [1.29, 1.82) is 0 Å². The number of hydrogen-bond donors (Lipinski definition) is 2. The molecule has 6 heteroatoms. The SMILES string of the molecule is CCc1ccc(C(=O)/C=C/Nc2ccccc2NS(=O)(=O)c2ccccc2)cc1. The lowest BCUT2D eigenvalue weighted by Crippen LogP contribution is -2.13. The van der Waals surface area contributed by atoms with E-state index in [9.17, 15) is 13.2 Å². The number of allylic oxidation sites excluding steroid dienone is 1. The molecule has 0 fully saturated rings. The molecule has 3 aromatic carbocycles. The summed E-state index contributed by atoms with van der Waals surface area (Å²) in [6, 6.07) is 22.5. The standard InChI is InChI=1S/C23H22N2O3S/c1-2-18-12-14-19(15-13-18)23(26)16-17-24-21-10-6-7-11-22(21)25-29(27,28)20-8-4-3-5-9-20/h3-17,24-25H,2H2,1H3/b17-16+. The van der Waals surface area contributed by atoms with Crippen LogP contribution >= 0.6 is 0 Å². The van der Waals surface area contributed by atoms with Crippen LogP contribution in [0.4, 0.5) is 11.4 Å². The Morgan fingerprint density at radius 1 is 0.862 bits per heavy atom. The summed E-state index contributed by atoms with van der Waals surface area (Å²) >= 11 is 0. The van der Waals surface area contributed by atoms with Gasteiger partial charge in [-0.05, 0) is 36.2 Å². The van der Waals surface area contributed by atoms with Crippen molar-refractivity contribution in [1.82, 2.24) is 0 Å². The molecule has 0 spiro atoms. The van der Waals surface area contributed by atoms with Crippen LogP contribution in [0.15, 0.2) is 96.0 Å². The van der Waals surface area contributed by atoms with E-state index in [4.69, 9.17) is 0 Å². The number of para-hydroxylation sites is 2. The Hall–Kier alpha value is -3.38. The van der Waals surface area contributed by atoms with Crippen molar-refractivity contribution in [2.24, 2.45) is 0 Å². The fourth-order valence-electron chi connectivity index (χ4n) is 2.71. The van der Waals surface area contributed by atoms with E-state index < -0.39 is 10.0 Å². The third-order valence-electron chi connectivity index (χ3n) is 4.35. The minimum Gasteiger partial charge on any atom is -0.360 e. The zero-order chi connectivity index (χ0) is 20.7. The first kappa shape index (κ1) is 20.4. The summed E-state index contributed by atoms with van der Waals surface area (Å²) in [6.45, 7) is 2.06. The lowest BCUT2D eigenvalue weighted by molar-refractivity contribution is 0.104. The number of carbonyl (C=O) groups excluding carboxylic acids is 1. The second-order valence-corrected chi connectivity index (χ2v) is 8.04. The predicted octanol–water partition coefficient (Wildman–Crippen LogP) is 4.86.